The van der Waals surface area contributed by atoms with Crippen LogP contribution in [-0.4, -0.2) is 14.6 Å². The van der Waals surface area contributed by atoms with E-state index in [0.717, 1.165) is 0 Å². The molecule has 0 bridgehead atoms. The standard InChI is InChI=1S/C15H14F3Si/c1-11-7-3-5-9-13(11)19(15(16,17)18)14-10-6-4-8-12(14)2/h3-10H,1-2H3. The summed E-state index contributed by atoms with van der Waals surface area (Å²) >= 11 is 0. The minimum atomic E-state index is -4.19. The van der Waals surface area contributed by atoms with Gasteiger partial charge in [0.15, 0.2) is 0 Å². The molecule has 0 saturated heterocycles. The number of hydrogen-bond donors (Lipinski definition) is 0. The van der Waals surface area contributed by atoms with Gasteiger partial charge in [-0.1, -0.05) is 59.7 Å². The van der Waals surface area contributed by atoms with Crippen molar-refractivity contribution in [1.82, 2.24) is 0 Å². The normalized spacial score (nSPS) is 11.9. The summed E-state index contributed by atoms with van der Waals surface area (Å²) in [5, 5.41) is 0.851. The fraction of sp³-hybridized carbons (Fsp3) is 0.200. The van der Waals surface area contributed by atoms with Crippen molar-refractivity contribution in [3.05, 3.63) is 59.7 Å². The third-order valence-corrected chi connectivity index (χ3v) is 5.88. The molecule has 0 aliphatic heterocycles. The fourth-order valence-electron chi connectivity index (χ4n) is 2.16. The molecule has 0 fully saturated rings. The number of benzene rings is 2. The summed E-state index contributed by atoms with van der Waals surface area (Å²) in [6.45, 7) is 3.48. The molecule has 2 aromatic carbocycles. The van der Waals surface area contributed by atoms with E-state index in [-0.39, 0.29) is 0 Å². The zero-order valence-electron chi connectivity index (χ0n) is 10.8. The second-order valence-corrected chi connectivity index (χ2v) is 6.90. The Morgan fingerprint density at radius 3 is 1.42 bits per heavy atom. The lowest BCUT2D eigenvalue weighted by Crippen LogP contribution is -2.55. The average Bonchev–Trinajstić information content (AvgIpc) is 2.33. The summed E-state index contributed by atoms with van der Waals surface area (Å²) in [7, 11) is -2.78. The molecule has 0 N–H and O–H groups in total. The number of aryl methyl sites for hydroxylation is 2. The summed E-state index contributed by atoms with van der Waals surface area (Å²) in [6, 6.07) is 13.6. The summed E-state index contributed by atoms with van der Waals surface area (Å²) in [6.07, 6.45) is 0. The van der Waals surface area contributed by atoms with Crippen LogP contribution in [0.1, 0.15) is 11.1 Å². The van der Waals surface area contributed by atoms with Crippen LogP contribution >= 0.6 is 0 Å². The second-order valence-electron chi connectivity index (χ2n) is 4.50. The molecule has 0 amide bonds. The molecule has 19 heavy (non-hydrogen) atoms. The Morgan fingerprint density at radius 2 is 1.11 bits per heavy atom. The second kappa shape index (κ2) is 5.21. The number of alkyl halides is 3. The van der Waals surface area contributed by atoms with Crippen molar-refractivity contribution in [3.8, 4) is 0 Å². The van der Waals surface area contributed by atoms with Crippen molar-refractivity contribution in [3.63, 3.8) is 0 Å². The van der Waals surface area contributed by atoms with E-state index in [2.05, 4.69) is 0 Å². The van der Waals surface area contributed by atoms with E-state index in [1.807, 2.05) is 0 Å². The lowest BCUT2D eigenvalue weighted by atomic mass is 10.2. The highest BCUT2D eigenvalue weighted by molar-refractivity contribution is 6.87. The minimum Gasteiger partial charge on any atom is -0.176 e. The molecule has 0 unspecified atom stereocenters. The van der Waals surface area contributed by atoms with E-state index in [1.165, 1.54) is 0 Å². The molecule has 1 radical (unpaired) electrons. The molecule has 0 heterocycles. The zero-order chi connectivity index (χ0) is 14.0. The highest BCUT2D eigenvalue weighted by Gasteiger charge is 2.45. The molecule has 0 aromatic heterocycles. The maximum Gasteiger partial charge on any atom is 0.369 e. The predicted molar refractivity (Wildman–Crippen MR) is 73.4 cm³/mol. The van der Waals surface area contributed by atoms with Crippen LogP contribution < -0.4 is 10.4 Å². The lowest BCUT2D eigenvalue weighted by Gasteiger charge is -2.22. The van der Waals surface area contributed by atoms with Crippen molar-refractivity contribution in [2.24, 2.45) is 0 Å². The van der Waals surface area contributed by atoms with Crippen molar-refractivity contribution in [2.75, 3.05) is 0 Å². The van der Waals surface area contributed by atoms with Gasteiger partial charge >= 0.3 is 5.80 Å². The molecule has 0 aliphatic rings. The first-order valence-corrected chi connectivity index (χ1v) is 7.47. The molecule has 0 nitrogen and oxygen atoms in total. The zero-order valence-corrected chi connectivity index (χ0v) is 11.8. The Kier molecular flexibility index (Phi) is 3.80. The molecule has 99 valence electrons. The SMILES string of the molecule is Cc1ccccc1[Si](c1ccccc1C)C(F)(F)F. The number of hydrogen-bond acceptors (Lipinski definition) is 0. The van der Waals surface area contributed by atoms with Crippen LogP contribution in [0.25, 0.3) is 0 Å². The highest BCUT2D eigenvalue weighted by Crippen LogP contribution is 2.21. The maximum atomic E-state index is 13.5. The fourth-order valence-corrected chi connectivity index (χ4v) is 4.54. The Balaban J connectivity index is 2.62. The van der Waals surface area contributed by atoms with Gasteiger partial charge in [-0.05, 0) is 24.2 Å². The molecule has 0 saturated carbocycles. The third kappa shape index (κ3) is 2.89. The monoisotopic (exact) mass is 279 g/mol. The molecule has 0 spiro atoms. The van der Waals surface area contributed by atoms with E-state index < -0.39 is 14.6 Å². The van der Waals surface area contributed by atoms with Gasteiger partial charge in [-0.25, -0.2) is 0 Å². The van der Waals surface area contributed by atoms with Crippen LogP contribution in [-0.2, 0) is 0 Å². The van der Waals surface area contributed by atoms with Crippen molar-refractivity contribution in [1.29, 1.82) is 0 Å². The first-order valence-electron chi connectivity index (χ1n) is 5.97. The van der Waals surface area contributed by atoms with Gasteiger partial charge in [-0.2, -0.15) is 13.2 Å². The Hall–Kier alpha value is -1.55. The van der Waals surface area contributed by atoms with Crippen LogP contribution in [0.4, 0.5) is 13.2 Å². The van der Waals surface area contributed by atoms with Gasteiger partial charge in [-0.3, -0.25) is 0 Å². The summed E-state index contributed by atoms with van der Waals surface area (Å²) in [5.41, 5.74) is 1.41. The maximum absolute atomic E-state index is 13.5. The molecule has 0 atom stereocenters. The van der Waals surface area contributed by atoms with Gasteiger partial charge in [0, 0.05) is 0 Å². The Morgan fingerprint density at radius 1 is 0.737 bits per heavy atom. The topological polar surface area (TPSA) is 0 Å². The molecule has 2 aromatic rings. The van der Waals surface area contributed by atoms with Gasteiger partial charge in [-0.15, -0.1) is 0 Å². The van der Waals surface area contributed by atoms with Crippen LogP contribution in [0.3, 0.4) is 0 Å². The van der Waals surface area contributed by atoms with Crippen LogP contribution in [0.15, 0.2) is 48.5 Å². The summed E-state index contributed by atoms with van der Waals surface area (Å²) in [5.74, 6) is -4.19. The van der Waals surface area contributed by atoms with Gasteiger partial charge < -0.3 is 0 Å². The van der Waals surface area contributed by atoms with E-state index in [0.29, 0.717) is 21.5 Å². The number of rotatable bonds is 2. The average molecular weight is 279 g/mol. The van der Waals surface area contributed by atoms with E-state index in [4.69, 9.17) is 0 Å². The van der Waals surface area contributed by atoms with Gasteiger partial charge in [0.05, 0.1) is 0 Å². The van der Waals surface area contributed by atoms with E-state index in [1.54, 1.807) is 62.4 Å². The third-order valence-electron chi connectivity index (χ3n) is 3.11. The van der Waals surface area contributed by atoms with Gasteiger partial charge in [0.1, 0.15) is 0 Å². The van der Waals surface area contributed by atoms with Gasteiger partial charge in [0.2, 0.25) is 0 Å². The Labute approximate surface area is 112 Å². The smallest absolute Gasteiger partial charge is 0.176 e. The highest BCUT2D eigenvalue weighted by atomic mass is 28.3. The first kappa shape index (κ1) is 13.9. The molecule has 2 rings (SSSR count). The molecular formula is C15H14F3Si. The number of halogens is 3. The van der Waals surface area contributed by atoms with Crippen molar-refractivity contribution < 1.29 is 13.2 Å². The molecule has 0 aliphatic carbocycles. The first-order chi connectivity index (χ1) is 8.91. The molecular weight excluding hydrogens is 265 g/mol. The van der Waals surface area contributed by atoms with E-state index >= 15 is 0 Å². The van der Waals surface area contributed by atoms with E-state index in [9.17, 15) is 13.2 Å². The largest absolute Gasteiger partial charge is 0.369 e. The van der Waals surface area contributed by atoms with Gasteiger partial charge in [0.25, 0.3) is 8.80 Å². The van der Waals surface area contributed by atoms with Crippen LogP contribution in [0.5, 0.6) is 0 Å². The van der Waals surface area contributed by atoms with Crippen molar-refractivity contribution >= 4 is 19.2 Å². The van der Waals surface area contributed by atoms with Crippen LogP contribution in [0, 0.1) is 13.8 Å². The Bertz CT molecular complexity index is 530. The van der Waals surface area contributed by atoms with Crippen molar-refractivity contribution in [2.45, 2.75) is 19.6 Å². The van der Waals surface area contributed by atoms with Crippen LogP contribution in [0.2, 0.25) is 0 Å². The summed E-state index contributed by atoms with van der Waals surface area (Å²) in [4.78, 5) is 0. The summed E-state index contributed by atoms with van der Waals surface area (Å²) < 4.78 is 40.5. The predicted octanol–water partition coefficient (Wildman–Crippen LogP) is 3.01. The lowest BCUT2D eigenvalue weighted by molar-refractivity contribution is -0.0484. The quantitative estimate of drug-likeness (QED) is 0.741. The molecule has 4 heteroatoms. The minimum absolute atomic E-state index is 0.425.